The Morgan fingerprint density at radius 3 is 2.78 bits per heavy atom. The zero-order chi connectivity index (χ0) is 13.8. The fourth-order valence-corrected chi connectivity index (χ4v) is 3.27. The third kappa shape index (κ3) is 4.22. The van der Waals surface area contributed by atoms with Crippen molar-refractivity contribution >= 4 is 16.2 Å². The summed E-state index contributed by atoms with van der Waals surface area (Å²) in [6.07, 6.45) is 2.05. The highest BCUT2D eigenvalue weighted by atomic mass is 32.2. The van der Waals surface area contributed by atoms with Gasteiger partial charge in [-0.2, -0.15) is 12.7 Å². The molecule has 106 valence electrons. The average Bonchev–Trinajstić information content (AvgIpc) is 2.36. The quantitative estimate of drug-likeness (QED) is 0.747. The topological polar surface area (TPSA) is 86.7 Å². The zero-order valence-corrected chi connectivity index (χ0v) is 11.7. The molecular formula is C11H22N2O4S. The van der Waals surface area contributed by atoms with E-state index in [9.17, 15) is 13.2 Å². The van der Waals surface area contributed by atoms with Gasteiger partial charge in [0.25, 0.3) is 10.2 Å². The number of carbonyl (C=O) groups is 1. The Kier molecular flexibility index (Phi) is 5.55. The molecule has 6 nitrogen and oxygen atoms in total. The van der Waals surface area contributed by atoms with E-state index in [1.807, 2.05) is 13.8 Å². The van der Waals surface area contributed by atoms with Crippen molar-refractivity contribution in [3.05, 3.63) is 0 Å². The molecule has 0 aromatic rings. The predicted octanol–water partition coefficient (Wildman–Crippen LogP) is 0.664. The van der Waals surface area contributed by atoms with Gasteiger partial charge in [-0.25, -0.2) is 4.72 Å². The van der Waals surface area contributed by atoms with Crippen LogP contribution in [0.15, 0.2) is 0 Å². The molecule has 0 aromatic heterocycles. The van der Waals surface area contributed by atoms with Crippen LogP contribution in [0, 0.1) is 11.8 Å². The molecule has 0 bridgehead atoms. The van der Waals surface area contributed by atoms with Crippen LogP contribution in [0.4, 0.5) is 0 Å². The van der Waals surface area contributed by atoms with Crippen LogP contribution in [0.25, 0.3) is 0 Å². The molecular weight excluding hydrogens is 256 g/mol. The van der Waals surface area contributed by atoms with E-state index in [2.05, 4.69) is 4.72 Å². The zero-order valence-electron chi connectivity index (χ0n) is 10.9. The van der Waals surface area contributed by atoms with Gasteiger partial charge in [-0.15, -0.1) is 0 Å². The highest BCUT2D eigenvalue weighted by Gasteiger charge is 2.32. The molecule has 0 aliphatic carbocycles. The first-order chi connectivity index (χ1) is 8.36. The van der Waals surface area contributed by atoms with Gasteiger partial charge in [-0.3, -0.25) is 4.79 Å². The maximum Gasteiger partial charge on any atom is 0.307 e. The Morgan fingerprint density at radius 2 is 2.22 bits per heavy atom. The van der Waals surface area contributed by atoms with Gasteiger partial charge in [-0.1, -0.05) is 20.3 Å². The predicted molar refractivity (Wildman–Crippen MR) is 68.3 cm³/mol. The lowest BCUT2D eigenvalue weighted by molar-refractivity contribution is -0.142. The fraction of sp³-hybridized carbons (Fsp3) is 0.909. The second-order valence-corrected chi connectivity index (χ2v) is 6.66. The smallest absolute Gasteiger partial charge is 0.307 e. The Bertz CT molecular complexity index is 383. The molecule has 0 radical (unpaired) electrons. The third-order valence-corrected chi connectivity index (χ3v) is 4.93. The molecule has 1 rings (SSSR count). The van der Waals surface area contributed by atoms with E-state index in [0.29, 0.717) is 25.9 Å². The van der Waals surface area contributed by atoms with Crippen LogP contribution in [0.2, 0.25) is 0 Å². The number of nitrogens with zero attached hydrogens (tertiary/aromatic N) is 1. The van der Waals surface area contributed by atoms with Crippen LogP contribution in [0.5, 0.6) is 0 Å². The highest BCUT2D eigenvalue weighted by Crippen LogP contribution is 2.18. The highest BCUT2D eigenvalue weighted by molar-refractivity contribution is 7.87. The van der Waals surface area contributed by atoms with Gasteiger partial charge < -0.3 is 5.11 Å². The first-order valence-electron chi connectivity index (χ1n) is 6.34. The van der Waals surface area contributed by atoms with Crippen LogP contribution in [0.3, 0.4) is 0 Å². The van der Waals surface area contributed by atoms with E-state index < -0.39 is 22.1 Å². The lowest BCUT2D eigenvalue weighted by atomic mass is 10.0. The second-order valence-electron chi connectivity index (χ2n) is 4.90. The van der Waals surface area contributed by atoms with Crippen molar-refractivity contribution in [2.45, 2.75) is 33.1 Å². The van der Waals surface area contributed by atoms with Crippen molar-refractivity contribution in [1.82, 2.24) is 9.03 Å². The molecule has 1 aliphatic rings. The number of hydrogen-bond donors (Lipinski definition) is 2. The Labute approximate surface area is 109 Å². The molecule has 2 N–H and O–H groups in total. The second kappa shape index (κ2) is 6.49. The Morgan fingerprint density at radius 1 is 1.56 bits per heavy atom. The monoisotopic (exact) mass is 278 g/mol. The molecule has 2 unspecified atom stereocenters. The molecule has 2 atom stereocenters. The van der Waals surface area contributed by atoms with Crippen LogP contribution in [-0.4, -0.2) is 43.4 Å². The number of nitrogens with one attached hydrogen (secondary N) is 1. The molecule has 1 aliphatic heterocycles. The van der Waals surface area contributed by atoms with E-state index in [4.69, 9.17) is 5.11 Å². The van der Waals surface area contributed by atoms with Crippen molar-refractivity contribution in [3.8, 4) is 0 Å². The minimum atomic E-state index is -3.53. The van der Waals surface area contributed by atoms with E-state index in [1.165, 1.54) is 4.31 Å². The molecule has 1 heterocycles. The first kappa shape index (κ1) is 15.4. The summed E-state index contributed by atoms with van der Waals surface area (Å²) in [7, 11) is -3.53. The normalized spacial score (nSPS) is 23.8. The summed E-state index contributed by atoms with van der Waals surface area (Å²) in [6, 6.07) is 0. The van der Waals surface area contributed by atoms with Gasteiger partial charge in [0.1, 0.15) is 0 Å². The summed E-state index contributed by atoms with van der Waals surface area (Å²) < 4.78 is 27.8. The number of carboxylic acids is 1. The van der Waals surface area contributed by atoms with Gasteiger partial charge >= 0.3 is 5.97 Å². The fourth-order valence-electron chi connectivity index (χ4n) is 1.85. The number of piperidine rings is 1. The van der Waals surface area contributed by atoms with E-state index >= 15 is 0 Å². The summed E-state index contributed by atoms with van der Waals surface area (Å²) in [5, 5.41) is 8.94. The minimum absolute atomic E-state index is 0.0746. The Hall–Kier alpha value is -0.660. The van der Waals surface area contributed by atoms with E-state index in [1.54, 1.807) is 0 Å². The summed E-state index contributed by atoms with van der Waals surface area (Å²) >= 11 is 0. The molecule has 0 amide bonds. The van der Waals surface area contributed by atoms with Crippen molar-refractivity contribution in [3.63, 3.8) is 0 Å². The largest absolute Gasteiger partial charge is 0.481 e. The van der Waals surface area contributed by atoms with Crippen LogP contribution in [0.1, 0.15) is 33.1 Å². The molecule has 18 heavy (non-hydrogen) atoms. The van der Waals surface area contributed by atoms with Crippen molar-refractivity contribution in [2.75, 3.05) is 19.6 Å². The molecule has 0 saturated carbocycles. The summed E-state index contributed by atoms with van der Waals surface area (Å²) in [6.45, 7) is 4.84. The average molecular weight is 278 g/mol. The minimum Gasteiger partial charge on any atom is -0.481 e. The number of carboxylic acid groups (broad SMARTS) is 1. The van der Waals surface area contributed by atoms with Crippen LogP contribution in [-0.2, 0) is 15.0 Å². The van der Waals surface area contributed by atoms with Gasteiger partial charge in [0.15, 0.2) is 0 Å². The third-order valence-electron chi connectivity index (χ3n) is 3.38. The van der Waals surface area contributed by atoms with Crippen molar-refractivity contribution in [1.29, 1.82) is 0 Å². The van der Waals surface area contributed by atoms with Crippen molar-refractivity contribution in [2.24, 2.45) is 11.8 Å². The summed E-state index contributed by atoms with van der Waals surface area (Å²) in [5.41, 5.74) is 0. The molecule has 7 heteroatoms. The summed E-state index contributed by atoms with van der Waals surface area (Å²) in [5.74, 6) is -1.23. The lowest BCUT2D eigenvalue weighted by Crippen LogP contribution is -2.48. The lowest BCUT2D eigenvalue weighted by Gasteiger charge is -2.30. The van der Waals surface area contributed by atoms with Gasteiger partial charge in [0, 0.05) is 19.6 Å². The molecule has 0 aromatic carbocycles. The SMILES string of the molecule is CCC(C)CNS(=O)(=O)N1CCCC(C(=O)O)C1. The van der Waals surface area contributed by atoms with Crippen LogP contribution >= 0.6 is 0 Å². The Balaban J connectivity index is 2.59. The number of aliphatic carboxylic acids is 1. The number of hydrogen-bond acceptors (Lipinski definition) is 3. The van der Waals surface area contributed by atoms with E-state index in [0.717, 1.165) is 6.42 Å². The van der Waals surface area contributed by atoms with Crippen molar-refractivity contribution < 1.29 is 18.3 Å². The maximum atomic E-state index is 12.0. The van der Waals surface area contributed by atoms with Gasteiger partial charge in [-0.05, 0) is 18.8 Å². The maximum absolute atomic E-state index is 12.0. The molecule has 0 spiro atoms. The van der Waals surface area contributed by atoms with Gasteiger partial charge in [0.05, 0.1) is 5.92 Å². The van der Waals surface area contributed by atoms with Crippen LogP contribution < -0.4 is 4.72 Å². The molecule has 1 fully saturated rings. The summed E-state index contributed by atoms with van der Waals surface area (Å²) in [4.78, 5) is 10.9. The standard InChI is InChI=1S/C11H22N2O4S/c1-3-9(2)7-12-18(16,17)13-6-4-5-10(8-13)11(14)15/h9-10,12H,3-8H2,1-2H3,(H,14,15). The number of rotatable bonds is 6. The van der Waals surface area contributed by atoms with Gasteiger partial charge in [0.2, 0.25) is 0 Å². The first-order valence-corrected chi connectivity index (χ1v) is 7.78. The molecule has 1 saturated heterocycles. The van der Waals surface area contributed by atoms with E-state index in [-0.39, 0.29) is 12.5 Å².